The average Bonchev–Trinajstić information content (AvgIpc) is 2.95. The Hall–Kier alpha value is -3.64. The Morgan fingerprint density at radius 3 is 2.41 bits per heavy atom. The summed E-state index contributed by atoms with van der Waals surface area (Å²) in [5.41, 5.74) is 3.48. The molecule has 6 heteroatoms. The Kier molecular flexibility index (Phi) is 10.3. The molecular weight excluding hydrogens is 495 g/mol. The summed E-state index contributed by atoms with van der Waals surface area (Å²) in [6, 6.07) is 18.3. The van der Waals surface area contributed by atoms with E-state index in [1.54, 1.807) is 26.4 Å². The fourth-order valence-corrected chi connectivity index (χ4v) is 4.75. The number of ether oxygens (including phenoxy) is 4. The maximum absolute atomic E-state index is 15.1. The standard InChI is InChI=1S/C33H39FO5/c1-8-23(19-31(35)37-6)24-11-10-12-26(18-24)39-21-22-13-15-27(28-20-25(36-5)14-16-30(28)34)29(17-22)32(38-7)33(3,4)9-2/h9-18,20,23,32H,2,8,19,21H2,1,3-7H3/t23?,32-/m1/s1. The summed E-state index contributed by atoms with van der Waals surface area (Å²) in [6.07, 6.45) is 2.59. The van der Waals surface area contributed by atoms with Crippen LogP contribution in [0.1, 0.15) is 62.3 Å². The molecule has 0 N–H and O–H groups in total. The van der Waals surface area contributed by atoms with Crippen LogP contribution in [0.3, 0.4) is 0 Å². The molecule has 2 atom stereocenters. The summed E-state index contributed by atoms with van der Waals surface area (Å²) < 4.78 is 37.4. The zero-order chi connectivity index (χ0) is 28.6. The molecule has 0 saturated carbocycles. The Balaban J connectivity index is 1.97. The minimum atomic E-state index is -0.429. The predicted octanol–water partition coefficient (Wildman–Crippen LogP) is 8.04. The molecule has 3 aromatic rings. The van der Waals surface area contributed by atoms with Crippen LogP contribution >= 0.6 is 0 Å². The van der Waals surface area contributed by atoms with Crippen LogP contribution < -0.4 is 9.47 Å². The number of benzene rings is 3. The van der Waals surface area contributed by atoms with Gasteiger partial charge in [0.2, 0.25) is 0 Å². The summed E-state index contributed by atoms with van der Waals surface area (Å²) in [5.74, 6) is 0.743. The van der Waals surface area contributed by atoms with Gasteiger partial charge in [0.15, 0.2) is 0 Å². The Morgan fingerprint density at radius 1 is 1.00 bits per heavy atom. The van der Waals surface area contributed by atoms with Gasteiger partial charge in [0, 0.05) is 18.1 Å². The summed E-state index contributed by atoms with van der Waals surface area (Å²) in [6.45, 7) is 10.4. The fraction of sp³-hybridized carbons (Fsp3) is 0.364. The van der Waals surface area contributed by atoms with E-state index in [2.05, 4.69) is 6.58 Å². The second-order valence-corrected chi connectivity index (χ2v) is 10.2. The van der Waals surface area contributed by atoms with Crippen LogP contribution in [0.5, 0.6) is 11.5 Å². The molecule has 208 valence electrons. The van der Waals surface area contributed by atoms with Gasteiger partial charge in [-0.1, -0.05) is 51.1 Å². The van der Waals surface area contributed by atoms with Crippen LogP contribution in [0.2, 0.25) is 0 Å². The van der Waals surface area contributed by atoms with Crippen molar-refractivity contribution < 1.29 is 28.1 Å². The maximum atomic E-state index is 15.1. The number of rotatable bonds is 13. The molecule has 0 aliphatic heterocycles. The van der Waals surface area contributed by atoms with E-state index in [4.69, 9.17) is 18.9 Å². The van der Waals surface area contributed by atoms with Crippen LogP contribution in [0.4, 0.5) is 4.39 Å². The highest BCUT2D eigenvalue weighted by molar-refractivity contribution is 5.71. The molecule has 0 heterocycles. The van der Waals surface area contributed by atoms with Gasteiger partial charge in [-0.15, -0.1) is 6.58 Å². The summed E-state index contributed by atoms with van der Waals surface area (Å²) in [4.78, 5) is 11.8. The van der Waals surface area contributed by atoms with Crippen molar-refractivity contribution in [1.29, 1.82) is 0 Å². The molecule has 0 spiro atoms. The van der Waals surface area contributed by atoms with Crippen LogP contribution in [-0.2, 0) is 20.9 Å². The minimum absolute atomic E-state index is 0.0493. The molecule has 0 aliphatic carbocycles. The molecule has 0 aliphatic rings. The van der Waals surface area contributed by atoms with Crippen LogP contribution in [-0.4, -0.2) is 27.3 Å². The number of esters is 1. The summed E-state index contributed by atoms with van der Waals surface area (Å²) in [5, 5.41) is 0. The molecule has 1 unspecified atom stereocenters. The third kappa shape index (κ3) is 7.27. The SMILES string of the molecule is C=CC(C)(C)[C@H](OC)c1cc(COc2cccc(C(CC)CC(=O)OC)c2)ccc1-c1cc(OC)ccc1F. The number of hydrogen-bond donors (Lipinski definition) is 0. The highest BCUT2D eigenvalue weighted by Gasteiger charge is 2.31. The third-order valence-electron chi connectivity index (χ3n) is 7.17. The summed E-state index contributed by atoms with van der Waals surface area (Å²) >= 11 is 0. The van der Waals surface area contributed by atoms with Gasteiger partial charge >= 0.3 is 5.97 Å². The lowest BCUT2D eigenvalue weighted by atomic mass is 9.79. The van der Waals surface area contributed by atoms with Crippen molar-refractivity contribution in [3.05, 3.63) is 95.8 Å². The van der Waals surface area contributed by atoms with E-state index < -0.39 is 5.41 Å². The van der Waals surface area contributed by atoms with E-state index in [1.165, 1.54) is 13.2 Å². The lowest BCUT2D eigenvalue weighted by Crippen LogP contribution is -2.22. The molecule has 0 fully saturated rings. The van der Waals surface area contributed by atoms with Gasteiger partial charge in [-0.05, 0) is 71.0 Å². The first-order valence-corrected chi connectivity index (χ1v) is 13.1. The maximum Gasteiger partial charge on any atom is 0.306 e. The number of methoxy groups -OCH3 is 3. The van der Waals surface area contributed by atoms with Crippen molar-refractivity contribution in [2.45, 2.75) is 52.2 Å². The highest BCUT2D eigenvalue weighted by atomic mass is 19.1. The first kappa shape index (κ1) is 29.9. The van der Waals surface area contributed by atoms with Crippen LogP contribution in [0.15, 0.2) is 73.3 Å². The molecule has 0 bridgehead atoms. The van der Waals surface area contributed by atoms with Gasteiger partial charge < -0.3 is 18.9 Å². The average molecular weight is 535 g/mol. The molecule has 0 saturated heterocycles. The fourth-order valence-electron chi connectivity index (χ4n) is 4.75. The Bertz CT molecular complexity index is 1280. The van der Waals surface area contributed by atoms with E-state index in [-0.39, 0.29) is 23.8 Å². The monoisotopic (exact) mass is 534 g/mol. The second kappa shape index (κ2) is 13.4. The zero-order valence-corrected chi connectivity index (χ0v) is 23.8. The smallest absolute Gasteiger partial charge is 0.306 e. The topological polar surface area (TPSA) is 54.0 Å². The van der Waals surface area contributed by atoms with Gasteiger partial charge in [0.1, 0.15) is 23.9 Å². The van der Waals surface area contributed by atoms with E-state index in [9.17, 15) is 4.79 Å². The van der Waals surface area contributed by atoms with Crippen LogP contribution in [0.25, 0.3) is 11.1 Å². The largest absolute Gasteiger partial charge is 0.497 e. The molecular formula is C33H39FO5. The van der Waals surface area contributed by atoms with Gasteiger partial charge in [0.25, 0.3) is 0 Å². The molecule has 3 rings (SSSR count). The normalized spacial score (nSPS) is 12.9. The van der Waals surface area contributed by atoms with Gasteiger partial charge in [-0.2, -0.15) is 0 Å². The molecule has 3 aromatic carbocycles. The van der Waals surface area contributed by atoms with Crippen molar-refractivity contribution in [1.82, 2.24) is 0 Å². The minimum Gasteiger partial charge on any atom is -0.497 e. The Labute approximate surface area is 231 Å². The van der Waals surface area contributed by atoms with Crippen molar-refractivity contribution >= 4 is 5.97 Å². The highest BCUT2D eigenvalue weighted by Crippen LogP contribution is 2.43. The number of hydrogen-bond acceptors (Lipinski definition) is 5. The van der Waals surface area contributed by atoms with E-state index >= 15 is 4.39 Å². The van der Waals surface area contributed by atoms with Crippen LogP contribution in [0, 0.1) is 11.2 Å². The summed E-state index contributed by atoms with van der Waals surface area (Å²) in [7, 11) is 4.61. The number of halogens is 1. The first-order valence-electron chi connectivity index (χ1n) is 13.1. The van der Waals surface area contributed by atoms with Crippen molar-refractivity contribution in [2.75, 3.05) is 21.3 Å². The molecule has 0 amide bonds. The molecule has 39 heavy (non-hydrogen) atoms. The molecule has 0 radical (unpaired) electrons. The van der Waals surface area contributed by atoms with Crippen molar-refractivity contribution in [3.8, 4) is 22.6 Å². The van der Waals surface area contributed by atoms with E-state index in [0.29, 0.717) is 35.7 Å². The van der Waals surface area contributed by atoms with Gasteiger partial charge in [0.05, 0.1) is 26.7 Å². The van der Waals surface area contributed by atoms with Gasteiger partial charge in [-0.25, -0.2) is 4.39 Å². The quantitative estimate of drug-likeness (QED) is 0.164. The van der Waals surface area contributed by atoms with E-state index in [0.717, 1.165) is 23.1 Å². The Morgan fingerprint density at radius 2 is 1.77 bits per heavy atom. The van der Waals surface area contributed by atoms with E-state index in [1.807, 2.05) is 69.3 Å². The zero-order valence-electron chi connectivity index (χ0n) is 23.8. The molecule has 5 nitrogen and oxygen atoms in total. The van der Waals surface area contributed by atoms with Gasteiger partial charge in [-0.3, -0.25) is 4.79 Å². The third-order valence-corrected chi connectivity index (χ3v) is 7.17. The second-order valence-electron chi connectivity index (χ2n) is 10.2. The lowest BCUT2D eigenvalue weighted by Gasteiger charge is -2.32. The van der Waals surface area contributed by atoms with Crippen molar-refractivity contribution in [2.24, 2.45) is 5.41 Å². The first-order chi connectivity index (χ1) is 18.7. The predicted molar refractivity (Wildman–Crippen MR) is 153 cm³/mol. The lowest BCUT2D eigenvalue weighted by molar-refractivity contribution is -0.141. The number of carbonyl (C=O) groups is 1. The number of carbonyl (C=O) groups excluding carboxylic acids is 1. The molecule has 0 aromatic heterocycles. The van der Waals surface area contributed by atoms with Crippen molar-refractivity contribution in [3.63, 3.8) is 0 Å².